The molecule has 34 heavy (non-hydrogen) atoms. The van der Waals surface area contributed by atoms with Crippen molar-refractivity contribution in [2.75, 3.05) is 0 Å². The predicted octanol–water partition coefficient (Wildman–Crippen LogP) is 8.28. The molecule has 168 valence electrons. The predicted molar refractivity (Wildman–Crippen MR) is 145 cm³/mol. The van der Waals surface area contributed by atoms with Gasteiger partial charge in [-0.15, -0.1) is 11.3 Å². The molecule has 0 atom stereocenters. The normalized spacial score (nSPS) is 11.1. The highest BCUT2D eigenvalue weighted by atomic mass is 79.9. The van der Waals surface area contributed by atoms with Gasteiger partial charge in [0.25, 0.3) is 5.55 Å². The largest absolute Gasteiger partial charge is 0.272 e. The van der Waals surface area contributed by atoms with Crippen molar-refractivity contribution in [2.24, 2.45) is 4.99 Å². The molecular weight excluding hydrogens is 599 g/mol. The maximum atomic E-state index is 5.76. The number of hydrogen-bond acceptors (Lipinski definition) is 8. The molecule has 0 aliphatic carbocycles. The van der Waals surface area contributed by atoms with E-state index in [-0.39, 0.29) is 10.6 Å². The molecule has 0 N–H and O–H groups in total. The zero-order valence-corrected chi connectivity index (χ0v) is 22.3. The third-order valence-corrected chi connectivity index (χ3v) is 6.68. The van der Waals surface area contributed by atoms with Crippen LogP contribution in [0.25, 0.3) is 21.5 Å². The standard InChI is InChI=1S/C11H6ClN3S.C7H3BrNS.C4H2Cl2N2/c12-11-13-4-3-8(15-11)7-1-2-9-10(5-7)16-6-14-9;8-5-1-2-6-7(3-5)10-4-9-6;5-3-1-2-7-4(6)8-3/h1-6H;1-3H;1-2H/q;+1;. The third kappa shape index (κ3) is 6.90. The first kappa shape index (κ1) is 24.9. The fraction of sp³-hybridized carbons (Fsp3) is 0. The average molecular weight is 610 g/mol. The summed E-state index contributed by atoms with van der Waals surface area (Å²) >= 11 is 23.0. The van der Waals surface area contributed by atoms with Crippen LogP contribution in [0.3, 0.4) is 0 Å². The van der Waals surface area contributed by atoms with Crippen LogP contribution in [0.5, 0.6) is 0 Å². The van der Waals surface area contributed by atoms with Crippen LogP contribution in [-0.2, 0) is 0 Å². The van der Waals surface area contributed by atoms with E-state index in [1.807, 2.05) is 41.9 Å². The van der Waals surface area contributed by atoms with E-state index in [0.29, 0.717) is 5.15 Å². The lowest BCUT2D eigenvalue weighted by atomic mass is 10.1. The molecule has 0 radical (unpaired) electrons. The first-order valence-corrected chi connectivity index (χ1v) is 13.0. The molecule has 12 heteroatoms. The lowest BCUT2D eigenvalue weighted by molar-refractivity contribution is 1.17. The van der Waals surface area contributed by atoms with Gasteiger partial charge < -0.3 is 0 Å². The Morgan fingerprint density at radius 1 is 0.824 bits per heavy atom. The Labute approximate surface area is 226 Å². The smallest absolute Gasteiger partial charge is 0.245 e. The Bertz CT molecular complexity index is 1450. The van der Waals surface area contributed by atoms with Gasteiger partial charge in [0.05, 0.1) is 27.5 Å². The van der Waals surface area contributed by atoms with E-state index < -0.39 is 0 Å². The maximum absolute atomic E-state index is 5.76. The number of benzene rings is 2. The lowest BCUT2D eigenvalue weighted by Crippen LogP contribution is -1.85. The Morgan fingerprint density at radius 2 is 1.62 bits per heavy atom. The van der Waals surface area contributed by atoms with Gasteiger partial charge in [0.15, 0.2) is 4.90 Å². The molecule has 0 fully saturated rings. The van der Waals surface area contributed by atoms with Crippen molar-refractivity contribution in [3.63, 3.8) is 0 Å². The van der Waals surface area contributed by atoms with Gasteiger partial charge in [-0.2, -0.15) is 0 Å². The fourth-order valence-electron chi connectivity index (χ4n) is 2.61. The summed E-state index contributed by atoms with van der Waals surface area (Å²) in [7, 11) is 0. The molecule has 0 amide bonds. The van der Waals surface area contributed by atoms with Crippen LogP contribution in [0.1, 0.15) is 0 Å². The molecule has 6 nitrogen and oxygen atoms in total. The Hall–Kier alpha value is -2.23. The molecule has 0 spiro atoms. The van der Waals surface area contributed by atoms with Crippen LogP contribution < -0.4 is 0 Å². The monoisotopic (exact) mass is 607 g/mol. The molecule has 5 aromatic rings. The first-order chi connectivity index (χ1) is 16.5. The van der Waals surface area contributed by atoms with Crippen molar-refractivity contribution >= 4 is 95.3 Å². The van der Waals surface area contributed by atoms with Crippen LogP contribution in [0.15, 0.2) is 80.8 Å². The second-order valence-electron chi connectivity index (χ2n) is 6.31. The fourth-order valence-corrected chi connectivity index (χ4v) is 4.96. The van der Waals surface area contributed by atoms with Gasteiger partial charge in [-0.1, -0.05) is 33.6 Å². The Morgan fingerprint density at radius 3 is 2.35 bits per heavy atom. The van der Waals surface area contributed by atoms with E-state index >= 15 is 0 Å². The van der Waals surface area contributed by atoms with E-state index in [2.05, 4.69) is 57.5 Å². The number of rotatable bonds is 1. The van der Waals surface area contributed by atoms with Crippen molar-refractivity contribution in [1.82, 2.24) is 24.9 Å². The van der Waals surface area contributed by atoms with Gasteiger partial charge in [0.1, 0.15) is 16.9 Å². The highest BCUT2D eigenvalue weighted by Crippen LogP contribution is 2.35. The van der Waals surface area contributed by atoms with Crippen molar-refractivity contribution in [1.29, 1.82) is 0 Å². The minimum atomic E-state index is 0.178. The number of nitrogens with zero attached hydrogens (tertiary/aromatic N) is 6. The highest BCUT2D eigenvalue weighted by molar-refractivity contribution is 9.10. The topological polar surface area (TPSA) is 76.8 Å². The summed E-state index contributed by atoms with van der Waals surface area (Å²) in [6, 6.07) is 15.4. The average Bonchev–Trinajstić information content (AvgIpc) is 3.48. The molecule has 1 aliphatic rings. The Balaban J connectivity index is 0.000000131. The molecule has 0 bridgehead atoms. The van der Waals surface area contributed by atoms with Crippen LogP contribution >= 0.6 is 73.8 Å². The first-order valence-electron chi connectivity index (χ1n) is 9.36. The molecule has 2 aromatic carbocycles. The molecule has 4 heterocycles. The number of thiazole rings is 1. The number of hydrogen-bond donors (Lipinski definition) is 0. The molecule has 1 aliphatic heterocycles. The quantitative estimate of drug-likeness (QED) is 0.108. The minimum Gasteiger partial charge on any atom is -0.245 e. The van der Waals surface area contributed by atoms with Gasteiger partial charge in [-0.05, 0) is 59.6 Å². The molecule has 0 unspecified atom stereocenters. The van der Waals surface area contributed by atoms with Crippen molar-refractivity contribution in [2.45, 2.75) is 4.90 Å². The summed E-state index contributed by atoms with van der Waals surface area (Å²) in [6.07, 6.45) is 3.15. The maximum Gasteiger partial charge on any atom is 0.272 e. The van der Waals surface area contributed by atoms with Crippen molar-refractivity contribution in [3.05, 3.63) is 86.6 Å². The zero-order chi connectivity index (χ0) is 23.9. The van der Waals surface area contributed by atoms with Gasteiger partial charge >= 0.3 is 0 Å². The second-order valence-corrected chi connectivity index (χ2v) is 10.0. The van der Waals surface area contributed by atoms with Gasteiger partial charge in [0, 0.05) is 27.4 Å². The summed E-state index contributed by atoms with van der Waals surface area (Å²) in [6.45, 7) is 0. The molecule has 0 saturated carbocycles. The number of fused-ring (bicyclic) bond motifs is 2. The number of halogens is 4. The highest BCUT2D eigenvalue weighted by Gasteiger charge is 2.19. The van der Waals surface area contributed by atoms with Crippen molar-refractivity contribution < 1.29 is 0 Å². The number of aliphatic imine (C=N–C) groups is 1. The van der Waals surface area contributed by atoms with E-state index in [1.54, 1.807) is 23.6 Å². The molecule has 3 aromatic heterocycles. The minimum absolute atomic E-state index is 0.178. The van der Waals surface area contributed by atoms with Gasteiger partial charge in [-0.3, -0.25) is 0 Å². The number of aromatic nitrogens is 5. The lowest BCUT2D eigenvalue weighted by Gasteiger charge is -2.00. The summed E-state index contributed by atoms with van der Waals surface area (Å²) < 4.78 is 2.24. The van der Waals surface area contributed by atoms with Crippen LogP contribution in [0.4, 0.5) is 5.69 Å². The summed E-state index contributed by atoms with van der Waals surface area (Å²) in [5.41, 5.74) is 8.56. The van der Waals surface area contributed by atoms with E-state index in [9.17, 15) is 0 Å². The Kier molecular flexibility index (Phi) is 8.74. The van der Waals surface area contributed by atoms with E-state index in [0.717, 1.165) is 31.6 Å². The SMILES string of the molecule is Brc1ccc2c(c1)S[C+]=N2.Clc1ccnc(Cl)n1.Clc1nccc(-c2ccc3ncsc3c2)n1. The van der Waals surface area contributed by atoms with Crippen LogP contribution in [-0.4, -0.2) is 30.5 Å². The third-order valence-electron chi connectivity index (χ3n) is 4.09. The van der Waals surface area contributed by atoms with Gasteiger partial charge in [0.2, 0.25) is 16.3 Å². The summed E-state index contributed by atoms with van der Waals surface area (Å²) in [4.78, 5) is 24.7. The number of thioether (sulfide) groups is 1. The summed E-state index contributed by atoms with van der Waals surface area (Å²) in [5, 5.41) is 0.810. The van der Waals surface area contributed by atoms with Crippen LogP contribution in [0, 0.1) is 0 Å². The van der Waals surface area contributed by atoms with Crippen LogP contribution in [0.2, 0.25) is 15.7 Å². The summed E-state index contributed by atoms with van der Waals surface area (Å²) in [5.74, 6) is 0. The molecule has 0 saturated heterocycles. The molecular formula is C22H11BrCl3N6S2+. The zero-order valence-electron chi connectivity index (χ0n) is 16.9. The van der Waals surface area contributed by atoms with Gasteiger partial charge in [-0.25, -0.2) is 24.9 Å². The van der Waals surface area contributed by atoms with Crippen molar-refractivity contribution in [3.8, 4) is 11.3 Å². The second kappa shape index (κ2) is 12.0. The molecule has 6 rings (SSSR count). The van der Waals surface area contributed by atoms with E-state index in [4.69, 9.17) is 34.8 Å². The van der Waals surface area contributed by atoms with E-state index in [1.165, 1.54) is 22.9 Å².